The lowest BCUT2D eigenvalue weighted by atomic mass is 10.0. The highest BCUT2D eigenvalue weighted by molar-refractivity contribution is 5.91. The first-order valence-corrected chi connectivity index (χ1v) is 10.1. The number of carbonyl (C=O) groups excluding carboxylic acids is 4. The summed E-state index contributed by atoms with van der Waals surface area (Å²) in [5.41, 5.74) is 5.20. The maximum absolute atomic E-state index is 13.0. The van der Waals surface area contributed by atoms with Crippen LogP contribution in [-0.2, 0) is 19.2 Å². The summed E-state index contributed by atoms with van der Waals surface area (Å²) in [6, 6.07) is -1.77. The van der Waals surface area contributed by atoms with Crippen LogP contribution in [0.1, 0.15) is 40.0 Å². The van der Waals surface area contributed by atoms with Gasteiger partial charge < -0.3 is 31.1 Å². The molecule has 10 heteroatoms. The third-order valence-corrected chi connectivity index (χ3v) is 5.89. The van der Waals surface area contributed by atoms with Gasteiger partial charge in [-0.2, -0.15) is 0 Å². The molecule has 0 aromatic rings. The lowest BCUT2D eigenvalue weighted by molar-refractivity contribution is -0.147. The third kappa shape index (κ3) is 5.24. The molecule has 2 heterocycles. The van der Waals surface area contributed by atoms with Crippen LogP contribution in [0.15, 0.2) is 0 Å². The fourth-order valence-corrected chi connectivity index (χ4v) is 3.84. The van der Waals surface area contributed by atoms with Gasteiger partial charge in [0, 0.05) is 19.6 Å². The van der Waals surface area contributed by atoms with Gasteiger partial charge in [0.15, 0.2) is 0 Å². The van der Waals surface area contributed by atoms with E-state index in [9.17, 15) is 29.4 Å². The van der Waals surface area contributed by atoms with Crippen molar-refractivity contribution in [1.82, 2.24) is 15.1 Å². The quantitative estimate of drug-likeness (QED) is 0.387. The Bertz CT molecular complexity index is 653. The van der Waals surface area contributed by atoms with Crippen molar-refractivity contribution in [3.05, 3.63) is 0 Å². The molecule has 0 bridgehead atoms. The van der Waals surface area contributed by atoms with Crippen LogP contribution in [0.2, 0.25) is 0 Å². The van der Waals surface area contributed by atoms with Crippen molar-refractivity contribution in [2.75, 3.05) is 19.6 Å². The molecule has 4 amide bonds. The van der Waals surface area contributed by atoms with E-state index >= 15 is 0 Å². The van der Waals surface area contributed by atoms with Crippen molar-refractivity contribution in [3.8, 4) is 0 Å². The van der Waals surface area contributed by atoms with Gasteiger partial charge in [0.05, 0.1) is 24.0 Å². The molecule has 0 aromatic carbocycles. The van der Waals surface area contributed by atoms with Gasteiger partial charge in [-0.25, -0.2) is 0 Å². The standard InChI is InChI=1S/C19H32N4O6/c1-10(11(2)24)18(28)23-7-4-5-14(23)19(29)22-8-6-13(9-22)17(27)21-15(12(3)25)16(20)26/h10-15,24-25H,4-9H2,1-3H3,(H2,20,26)(H,21,27)/t10-,11+,12+,13?,14-,15?/m0/s1. The number of hydrogen-bond acceptors (Lipinski definition) is 6. The molecule has 2 saturated heterocycles. The largest absolute Gasteiger partial charge is 0.393 e. The molecule has 5 N–H and O–H groups in total. The third-order valence-electron chi connectivity index (χ3n) is 5.89. The second kappa shape index (κ2) is 9.53. The Balaban J connectivity index is 1.98. The Hall–Kier alpha value is -2.20. The van der Waals surface area contributed by atoms with Crippen LogP contribution >= 0.6 is 0 Å². The van der Waals surface area contributed by atoms with E-state index in [4.69, 9.17) is 5.73 Å². The number of primary amides is 1. The van der Waals surface area contributed by atoms with Gasteiger partial charge >= 0.3 is 0 Å². The summed E-state index contributed by atoms with van der Waals surface area (Å²) in [4.78, 5) is 52.5. The summed E-state index contributed by atoms with van der Waals surface area (Å²) >= 11 is 0. The van der Waals surface area contributed by atoms with E-state index < -0.39 is 47.9 Å². The topological polar surface area (TPSA) is 153 Å². The van der Waals surface area contributed by atoms with Crippen LogP contribution in [0.4, 0.5) is 0 Å². The molecular weight excluding hydrogens is 380 g/mol. The number of hydrogen-bond donors (Lipinski definition) is 4. The lowest BCUT2D eigenvalue weighted by Crippen LogP contribution is -2.53. The van der Waals surface area contributed by atoms with Gasteiger partial charge in [-0.3, -0.25) is 19.2 Å². The molecule has 164 valence electrons. The zero-order valence-electron chi connectivity index (χ0n) is 17.2. The average molecular weight is 412 g/mol. The summed E-state index contributed by atoms with van der Waals surface area (Å²) in [6.07, 6.45) is -0.235. The molecule has 6 atom stereocenters. The van der Waals surface area contributed by atoms with E-state index in [2.05, 4.69) is 5.32 Å². The summed E-state index contributed by atoms with van der Waals surface area (Å²) in [7, 11) is 0. The molecular formula is C19H32N4O6. The average Bonchev–Trinajstić information content (AvgIpc) is 3.32. The highest BCUT2D eigenvalue weighted by Crippen LogP contribution is 2.26. The number of aliphatic hydroxyl groups excluding tert-OH is 2. The second-order valence-electron chi connectivity index (χ2n) is 8.12. The number of amides is 4. The monoisotopic (exact) mass is 412 g/mol. The van der Waals surface area contributed by atoms with Crippen molar-refractivity contribution in [1.29, 1.82) is 0 Å². The zero-order valence-corrected chi connectivity index (χ0v) is 17.2. The fraction of sp³-hybridized carbons (Fsp3) is 0.789. The van der Waals surface area contributed by atoms with Crippen LogP contribution in [0.25, 0.3) is 0 Å². The minimum atomic E-state index is -1.18. The van der Waals surface area contributed by atoms with Crippen molar-refractivity contribution in [2.24, 2.45) is 17.6 Å². The van der Waals surface area contributed by atoms with Gasteiger partial charge in [-0.05, 0) is 33.1 Å². The molecule has 0 aromatic heterocycles. The van der Waals surface area contributed by atoms with Crippen LogP contribution < -0.4 is 11.1 Å². The number of likely N-dealkylation sites (tertiary alicyclic amines) is 2. The maximum atomic E-state index is 13.0. The number of carbonyl (C=O) groups is 4. The molecule has 2 unspecified atom stereocenters. The predicted molar refractivity (Wildman–Crippen MR) is 103 cm³/mol. The highest BCUT2D eigenvalue weighted by atomic mass is 16.3. The first kappa shape index (κ1) is 23.1. The molecule has 2 aliphatic heterocycles. The molecule has 29 heavy (non-hydrogen) atoms. The Labute approximate surface area is 170 Å². The highest BCUT2D eigenvalue weighted by Gasteiger charge is 2.41. The lowest BCUT2D eigenvalue weighted by Gasteiger charge is -2.30. The molecule has 0 aliphatic carbocycles. The van der Waals surface area contributed by atoms with Crippen LogP contribution in [0, 0.1) is 11.8 Å². The number of nitrogens with one attached hydrogen (secondary N) is 1. The summed E-state index contributed by atoms with van der Waals surface area (Å²) < 4.78 is 0. The summed E-state index contributed by atoms with van der Waals surface area (Å²) in [6.45, 7) is 5.57. The first-order valence-electron chi connectivity index (χ1n) is 10.1. The first-order chi connectivity index (χ1) is 13.5. The summed E-state index contributed by atoms with van der Waals surface area (Å²) in [5, 5.41) is 21.7. The Morgan fingerprint density at radius 1 is 1.03 bits per heavy atom. The predicted octanol–water partition coefficient (Wildman–Crippen LogP) is -1.81. The van der Waals surface area contributed by atoms with Gasteiger partial charge in [0.1, 0.15) is 12.1 Å². The van der Waals surface area contributed by atoms with Crippen LogP contribution in [-0.4, -0.2) is 87.6 Å². The van der Waals surface area contributed by atoms with Crippen molar-refractivity contribution in [2.45, 2.75) is 64.3 Å². The Kier molecular flexibility index (Phi) is 7.59. The minimum Gasteiger partial charge on any atom is -0.393 e. The van der Waals surface area contributed by atoms with Gasteiger partial charge in [0.25, 0.3) is 0 Å². The Morgan fingerprint density at radius 2 is 1.69 bits per heavy atom. The zero-order chi connectivity index (χ0) is 21.9. The fourth-order valence-electron chi connectivity index (χ4n) is 3.84. The van der Waals surface area contributed by atoms with Crippen LogP contribution in [0.3, 0.4) is 0 Å². The van der Waals surface area contributed by atoms with E-state index in [0.29, 0.717) is 32.4 Å². The number of nitrogens with two attached hydrogens (primary N) is 1. The van der Waals surface area contributed by atoms with Gasteiger partial charge in [-0.15, -0.1) is 0 Å². The Morgan fingerprint density at radius 3 is 2.24 bits per heavy atom. The molecule has 2 fully saturated rings. The van der Waals surface area contributed by atoms with Crippen molar-refractivity contribution < 1.29 is 29.4 Å². The number of nitrogens with zero attached hydrogens (tertiary/aromatic N) is 2. The van der Waals surface area contributed by atoms with Crippen LogP contribution in [0.5, 0.6) is 0 Å². The molecule has 2 aliphatic rings. The minimum absolute atomic E-state index is 0.181. The van der Waals surface area contributed by atoms with Gasteiger partial charge in [-0.1, -0.05) is 6.92 Å². The van der Waals surface area contributed by atoms with Gasteiger partial charge in [0.2, 0.25) is 23.6 Å². The van der Waals surface area contributed by atoms with E-state index in [1.54, 1.807) is 18.7 Å². The SMILES string of the molecule is C[C@H](C(=O)N1CCC[C@H]1C(=O)N1CCC(C(=O)NC(C(N)=O)[C@@H](C)O)C1)[C@@H](C)O. The number of aliphatic hydroxyl groups is 2. The van der Waals surface area contributed by atoms with Crippen molar-refractivity contribution >= 4 is 23.6 Å². The maximum Gasteiger partial charge on any atom is 0.245 e. The normalized spacial score (nSPS) is 26.0. The second-order valence-corrected chi connectivity index (χ2v) is 8.12. The van der Waals surface area contributed by atoms with E-state index in [1.807, 2.05) is 0 Å². The molecule has 10 nitrogen and oxygen atoms in total. The molecule has 0 saturated carbocycles. The number of rotatable bonds is 7. The molecule has 0 spiro atoms. The molecule has 2 rings (SSSR count). The van der Waals surface area contributed by atoms with Crippen molar-refractivity contribution in [3.63, 3.8) is 0 Å². The van der Waals surface area contributed by atoms with E-state index in [0.717, 1.165) is 0 Å². The smallest absolute Gasteiger partial charge is 0.245 e. The summed E-state index contributed by atoms with van der Waals surface area (Å²) in [5.74, 6) is -2.82. The van der Waals surface area contributed by atoms with E-state index in [-0.39, 0.29) is 18.4 Å². The van der Waals surface area contributed by atoms with E-state index in [1.165, 1.54) is 11.8 Å². The molecule has 0 radical (unpaired) electrons.